The molecular weight excluding hydrogens is 304 g/mol. The van der Waals surface area contributed by atoms with E-state index in [0.717, 1.165) is 12.2 Å². The van der Waals surface area contributed by atoms with Gasteiger partial charge in [0.15, 0.2) is 0 Å². The lowest BCUT2D eigenvalue weighted by molar-refractivity contribution is 0.299. The molecule has 0 aromatic heterocycles. The monoisotopic (exact) mass is 328 g/mol. The maximum atomic E-state index is 6.21. The van der Waals surface area contributed by atoms with Gasteiger partial charge < -0.3 is 4.74 Å². The summed E-state index contributed by atoms with van der Waals surface area (Å²) in [4.78, 5) is 0. The van der Waals surface area contributed by atoms with E-state index in [1.807, 2.05) is 0 Å². The molecule has 0 N–H and O–H groups in total. The largest absolute Gasteiger partial charge is 0.488 e. The van der Waals surface area contributed by atoms with Gasteiger partial charge in [0, 0.05) is 5.56 Å². The van der Waals surface area contributed by atoms with Crippen LogP contribution in [0.3, 0.4) is 0 Å². The summed E-state index contributed by atoms with van der Waals surface area (Å²) >= 11 is 0. The molecule has 3 aromatic carbocycles. The van der Waals surface area contributed by atoms with Gasteiger partial charge in [-0.2, -0.15) is 0 Å². The summed E-state index contributed by atoms with van der Waals surface area (Å²) < 4.78 is 6.21. The highest BCUT2D eigenvalue weighted by Crippen LogP contribution is 2.47. The Balaban J connectivity index is 2.07. The quantitative estimate of drug-likeness (QED) is 0.529. The van der Waals surface area contributed by atoms with Crippen LogP contribution in [0, 0.1) is 20.8 Å². The predicted molar refractivity (Wildman–Crippen MR) is 105 cm³/mol. The minimum atomic E-state index is 0.663. The molecule has 1 aliphatic heterocycles. The first-order chi connectivity index (χ1) is 12.1. The summed E-state index contributed by atoms with van der Waals surface area (Å²) in [6, 6.07) is 17.5. The van der Waals surface area contributed by atoms with Crippen LogP contribution in [-0.2, 0) is 13.0 Å². The van der Waals surface area contributed by atoms with Crippen molar-refractivity contribution < 1.29 is 4.74 Å². The van der Waals surface area contributed by atoms with E-state index in [4.69, 9.17) is 4.74 Å². The fraction of sp³-hybridized carbons (Fsp3) is 0.250. The Labute approximate surface area is 150 Å². The predicted octanol–water partition coefficient (Wildman–Crippen LogP) is 6.40. The minimum absolute atomic E-state index is 0.663. The van der Waals surface area contributed by atoms with Gasteiger partial charge in [-0.25, -0.2) is 0 Å². The molecule has 4 rings (SSSR count). The first-order valence-corrected chi connectivity index (χ1v) is 9.06. The van der Waals surface area contributed by atoms with Gasteiger partial charge in [-0.3, -0.25) is 0 Å². The third-order valence-corrected chi connectivity index (χ3v) is 5.42. The van der Waals surface area contributed by atoms with Gasteiger partial charge in [-0.1, -0.05) is 61.0 Å². The van der Waals surface area contributed by atoms with Crippen LogP contribution in [0.1, 0.15) is 34.7 Å². The number of fused-ring (bicyclic) bond motifs is 3. The highest BCUT2D eigenvalue weighted by atomic mass is 16.5. The molecule has 0 aliphatic carbocycles. The fourth-order valence-electron chi connectivity index (χ4n) is 4.13. The Bertz CT molecular complexity index is 949. The van der Waals surface area contributed by atoms with Crippen LogP contribution in [0.5, 0.6) is 5.75 Å². The zero-order chi connectivity index (χ0) is 17.6. The number of hydrogen-bond donors (Lipinski definition) is 0. The maximum absolute atomic E-state index is 6.21. The third kappa shape index (κ3) is 2.46. The topological polar surface area (TPSA) is 9.23 Å². The lowest BCUT2D eigenvalue weighted by Gasteiger charge is -2.28. The van der Waals surface area contributed by atoms with Crippen molar-refractivity contribution in [3.05, 3.63) is 76.3 Å². The van der Waals surface area contributed by atoms with Gasteiger partial charge in [0.1, 0.15) is 12.4 Å². The molecule has 0 unspecified atom stereocenters. The average molecular weight is 328 g/mol. The Hall–Kier alpha value is -2.54. The fourth-order valence-corrected chi connectivity index (χ4v) is 4.13. The van der Waals surface area contributed by atoms with Gasteiger partial charge in [-0.05, 0) is 66.1 Å². The lowest BCUT2D eigenvalue weighted by atomic mass is 9.82. The molecule has 0 saturated heterocycles. The third-order valence-electron chi connectivity index (χ3n) is 5.42. The number of benzene rings is 3. The van der Waals surface area contributed by atoms with Gasteiger partial charge in [0.2, 0.25) is 0 Å². The van der Waals surface area contributed by atoms with E-state index in [-0.39, 0.29) is 0 Å². The average Bonchev–Trinajstić information content (AvgIpc) is 2.64. The van der Waals surface area contributed by atoms with Crippen molar-refractivity contribution in [3.8, 4) is 28.0 Å². The molecule has 0 bridgehead atoms. The van der Waals surface area contributed by atoms with Crippen LogP contribution in [0.4, 0.5) is 0 Å². The molecule has 0 amide bonds. The Morgan fingerprint density at radius 2 is 1.56 bits per heavy atom. The highest BCUT2D eigenvalue weighted by molar-refractivity contribution is 5.88. The number of ether oxygens (including phenoxy) is 1. The van der Waals surface area contributed by atoms with E-state index in [2.05, 4.69) is 76.2 Å². The van der Waals surface area contributed by atoms with Crippen molar-refractivity contribution in [1.82, 2.24) is 0 Å². The van der Waals surface area contributed by atoms with Crippen LogP contribution in [0.25, 0.3) is 22.3 Å². The van der Waals surface area contributed by atoms with Crippen molar-refractivity contribution in [2.75, 3.05) is 0 Å². The second-order valence-electron chi connectivity index (χ2n) is 6.97. The minimum Gasteiger partial charge on any atom is -0.488 e. The molecule has 1 heterocycles. The van der Waals surface area contributed by atoms with Crippen molar-refractivity contribution in [1.29, 1.82) is 0 Å². The standard InChI is InChI=1S/C24H24O/c1-5-20-16(3)24-23(21-9-7-6-8-19(21)14-25-24)17(4)22(20)18-12-10-15(2)11-13-18/h6-13H,5,14H2,1-4H3. The summed E-state index contributed by atoms with van der Waals surface area (Å²) in [6.45, 7) is 9.50. The maximum Gasteiger partial charge on any atom is 0.131 e. The highest BCUT2D eigenvalue weighted by Gasteiger charge is 2.26. The van der Waals surface area contributed by atoms with E-state index in [1.54, 1.807) is 0 Å². The number of rotatable bonds is 2. The van der Waals surface area contributed by atoms with Crippen molar-refractivity contribution in [2.24, 2.45) is 0 Å². The van der Waals surface area contributed by atoms with Crippen molar-refractivity contribution >= 4 is 0 Å². The Morgan fingerprint density at radius 3 is 2.28 bits per heavy atom. The number of hydrogen-bond acceptors (Lipinski definition) is 1. The van der Waals surface area contributed by atoms with E-state index < -0.39 is 0 Å². The zero-order valence-electron chi connectivity index (χ0n) is 15.4. The molecule has 25 heavy (non-hydrogen) atoms. The van der Waals surface area contributed by atoms with Crippen LogP contribution >= 0.6 is 0 Å². The van der Waals surface area contributed by atoms with Crippen LogP contribution in [0.15, 0.2) is 48.5 Å². The molecule has 1 aliphatic rings. The molecule has 0 atom stereocenters. The smallest absolute Gasteiger partial charge is 0.131 e. The summed E-state index contributed by atoms with van der Waals surface area (Å²) in [5.41, 5.74) is 11.8. The van der Waals surface area contributed by atoms with Crippen LogP contribution < -0.4 is 4.74 Å². The van der Waals surface area contributed by atoms with Crippen molar-refractivity contribution in [3.63, 3.8) is 0 Å². The molecular formula is C24H24O. The molecule has 1 heteroatoms. The zero-order valence-corrected chi connectivity index (χ0v) is 15.4. The normalized spacial score (nSPS) is 12.3. The Morgan fingerprint density at radius 1 is 0.840 bits per heavy atom. The molecule has 126 valence electrons. The second-order valence-corrected chi connectivity index (χ2v) is 6.97. The summed E-state index contributed by atoms with van der Waals surface area (Å²) in [7, 11) is 0. The SMILES string of the molecule is CCc1c(C)c2c(c(C)c1-c1ccc(C)cc1)-c1ccccc1CO2. The second kappa shape index (κ2) is 6.07. The van der Waals surface area contributed by atoms with Crippen LogP contribution in [0.2, 0.25) is 0 Å². The molecule has 1 nitrogen and oxygen atoms in total. The van der Waals surface area contributed by atoms with Gasteiger partial charge in [0.05, 0.1) is 0 Å². The van der Waals surface area contributed by atoms with Gasteiger partial charge in [-0.15, -0.1) is 0 Å². The molecule has 3 aromatic rings. The lowest BCUT2D eigenvalue weighted by Crippen LogP contribution is -2.11. The van der Waals surface area contributed by atoms with Gasteiger partial charge >= 0.3 is 0 Å². The van der Waals surface area contributed by atoms with E-state index in [9.17, 15) is 0 Å². The Kier molecular flexibility index (Phi) is 3.88. The molecule has 0 radical (unpaired) electrons. The summed E-state index contributed by atoms with van der Waals surface area (Å²) in [6.07, 6.45) is 1.01. The van der Waals surface area contributed by atoms with Gasteiger partial charge in [0.25, 0.3) is 0 Å². The first kappa shape index (κ1) is 16.0. The molecule has 0 spiro atoms. The summed E-state index contributed by atoms with van der Waals surface area (Å²) in [5.74, 6) is 1.07. The number of aryl methyl sites for hydroxylation is 1. The van der Waals surface area contributed by atoms with E-state index in [0.29, 0.717) is 6.61 Å². The first-order valence-electron chi connectivity index (χ1n) is 9.06. The molecule has 0 saturated carbocycles. The van der Waals surface area contributed by atoms with E-state index >= 15 is 0 Å². The molecule has 0 fully saturated rings. The van der Waals surface area contributed by atoms with Crippen LogP contribution in [-0.4, -0.2) is 0 Å². The van der Waals surface area contributed by atoms with Crippen molar-refractivity contribution in [2.45, 2.75) is 40.7 Å². The van der Waals surface area contributed by atoms with E-state index in [1.165, 1.54) is 50.1 Å². The summed E-state index contributed by atoms with van der Waals surface area (Å²) in [5, 5.41) is 0.